The number of carbonyl (C=O) groups excluding carboxylic acids is 1. The van der Waals surface area contributed by atoms with Gasteiger partial charge in [-0.15, -0.1) is 0 Å². The van der Waals surface area contributed by atoms with Crippen molar-refractivity contribution in [1.29, 1.82) is 0 Å². The molecule has 0 aromatic rings. The Labute approximate surface area is 151 Å². The summed E-state index contributed by atoms with van der Waals surface area (Å²) < 4.78 is 0. The molecule has 5 nitrogen and oxygen atoms in total. The average Bonchev–Trinajstić information content (AvgIpc) is 2.82. The molecule has 0 aromatic carbocycles. The number of rotatable bonds is 13. The normalized spacial score (nSPS) is 24.9. The zero-order chi connectivity index (χ0) is 18.7. The minimum absolute atomic E-state index is 0.0559. The summed E-state index contributed by atoms with van der Waals surface area (Å²) in [6, 6.07) is 0. The van der Waals surface area contributed by atoms with E-state index in [1.54, 1.807) is 12.2 Å². The van der Waals surface area contributed by atoms with E-state index in [1.165, 1.54) is 0 Å². The number of aliphatic hydroxyl groups is 2. The van der Waals surface area contributed by atoms with Crippen LogP contribution in [-0.2, 0) is 9.59 Å². The van der Waals surface area contributed by atoms with Crippen LogP contribution in [-0.4, -0.2) is 39.3 Å². The predicted molar refractivity (Wildman–Crippen MR) is 97.2 cm³/mol. The molecular formula is C20H34O5. The molecule has 0 saturated heterocycles. The van der Waals surface area contributed by atoms with Crippen LogP contribution in [0, 0.1) is 11.8 Å². The Morgan fingerprint density at radius 1 is 1.20 bits per heavy atom. The van der Waals surface area contributed by atoms with Crippen LogP contribution < -0.4 is 0 Å². The van der Waals surface area contributed by atoms with E-state index in [2.05, 4.69) is 6.92 Å². The maximum Gasteiger partial charge on any atom is 0.303 e. The molecule has 3 N–H and O–H groups in total. The van der Waals surface area contributed by atoms with Gasteiger partial charge in [-0.05, 0) is 25.2 Å². The molecule has 0 bridgehead atoms. The number of aliphatic carboxylic acids is 1. The van der Waals surface area contributed by atoms with Crippen LogP contribution in [0.25, 0.3) is 0 Å². The first-order chi connectivity index (χ1) is 12.0. The van der Waals surface area contributed by atoms with Gasteiger partial charge in [0, 0.05) is 18.8 Å². The third-order valence-electron chi connectivity index (χ3n) is 5.06. The number of aliphatic hydroxyl groups excluding tert-OH is 2. The zero-order valence-electron chi connectivity index (χ0n) is 15.4. The molecule has 0 aromatic heterocycles. The Hall–Kier alpha value is -1.20. The highest BCUT2D eigenvalue weighted by molar-refractivity contribution is 5.85. The fourth-order valence-corrected chi connectivity index (χ4v) is 3.55. The lowest BCUT2D eigenvalue weighted by Crippen LogP contribution is -2.19. The zero-order valence-corrected chi connectivity index (χ0v) is 15.4. The van der Waals surface area contributed by atoms with Crippen molar-refractivity contribution in [3.8, 4) is 0 Å². The minimum Gasteiger partial charge on any atom is -0.481 e. The first kappa shape index (κ1) is 21.8. The van der Waals surface area contributed by atoms with Crippen LogP contribution in [0.5, 0.6) is 0 Å². The number of Topliss-reactive ketones (excluding diaryl/α,β-unsaturated/α-hetero) is 1. The van der Waals surface area contributed by atoms with E-state index in [9.17, 15) is 19.8 Å². The first-order valence-electron chi connectivity index (χ1n) is 9.74. The van der Waals surface area contributed by atoms with Crippen molar-refractivity contribution in [2.75, 3.05) is 0 Å². The van der Waals surface area contributed by atoms with E-state index in [4.69, 9.17) is 5.11 Å². The quantitative estimate of drug-likeness (QED) is 0.348. The summed E-state index contributed by atoms with van der Waals surface area (Å²) in [5, 5.41) is 28.7. The Kier molecular flexibility index (Phi) is 10.7. The van der Waals surface area contributed by atoms with Gasteiger partial charge in [0.05, 0.1) is 12.2 Å². The lowest BCUT2D eigenvalue weighted by Gasteiger charge is -2.18. The van der Waals surface area contributed by atoms with Gasteiger partial charge in [0.25, 0.3) is 0 Å². The lowest BCUT2D eigenvalue weighted by molar-refractivity contribution is -0.137. The highest BCUT2D eigenvalue weighted by Crippen LogP contribution is 2.34. The molecule has 0 heterocycles. The maximum atomic E-state index is 12.1. The van der Waals surface area contributed by atoms with E-state index >= 15 is 0 Å². The first-order valence-corrected chi connectivity index (χ1v) is 9.74. The van der Waals surface area contributed by atoms with Crippen molar-refractivity contribution in [1.82, 2.24) is 0 Å². The lowest BCUT2D eigenvalue weighted by atomic mass is 9.88. The van der Waals surface area contributed by atoms with Crippen LogP contribution in [0.1, 0.15) is 77.6 Å². The number of carbonyl (C=O) groups is 2. The number of ketones is 1. The van der Waals surface area contributed by atoms with Gasteiger partial charge in [-0.2, -0.15) is 0 Å². The Morgan fingerprint density at radius 3 is 2.60 bits per heavy atom. The van der Waals surface area contributed by atoms with E-state index in [-0.39, 0.29) is 30.5 Å². The van der Waals surface area contributed by atoms with Crippen LogP contribution in [0.4, 0.5) is 0 Å². The van der Waals surface area contributed by atoms with Crippen molar-refractivity contribution in [3.63, 3.8) is 0 Å². The highest BCUT2D eigenvalue weighted by atomic mass is 16.4. The molecule has 0 amide bonds. The predicted octanol–water partition coefficient (Wildman–Crippen LogP) is 3.48. The second-order valence-corrected chi connectivity index (χ2v) is 7.22. The molecular weight excluding hydrogens is 320 g/mol. The summed E-state index contributed by atoms with van der Waals surface area (Å²) in [6.07, 6.45) is 10.8. The van der Waals surface area contributed by atoms with Crippen molar-refractivity contribution in [2.24, 2.45) is 11.8 Å². The number of carboxylic acid groups (broad SMARTS) is 1. The van der Waals surface area contributed by atoms with Gasteiger partial charge in [0.1, 0.15) is 5.78 Å². The molecule has 1 aliphatic carbocycles. The van der Waals surface area contributed by atoms with Crippen molar-refractivity contribution >= 4 is 11.8 Å². The molecule has 1 rings (SSSR count). The molecule has 0 radical (unpaired) electrons. The maximum absolute atomic E-state index is 12.1. The molecule has 4 atom stereocenters. The largest absolute Gasteiger partial charge is 0.481 e. The Bertz CT molecular complexity index is 432. The number of unbranched alkanes of at least 4 members (excludes halogenated alkanes) is 5. The molecule has 0 aliphatic heterocycles. The van der Waals surface area contributed by atoms with Crippen LogP contribution in [0.15, 0.2) is 12.2 Å². The molecule has 5 heteroatoms. The SMILES string of the molecule is CCCCC[C@@H](O)/C=C/[C@H]1C(=O)C[C@@H](O)[C@H]1CCCCCCC(=O)O. The fraction of sp³-hybridized carbons (Fsp3) is 0.800. The van der Waals surface area contributed by atoms with Gasteiger partial charge < -0.3 is 15.3 Å². The van der Waals surface area contributed by atoms with Gasteiger partial charge in [-0.3, -0.25) is 9.59 Å². The summed E-state index contributed by atoms with van der Waals surface area (Å²) >= 11 is 0. The van der Waals surface area contributed by atoms with Crippen LogP contribution >= 0.6 is 0 Å². The third-order valence-corrected chi connectivity index (χ3v) is 5.06. The van der Waals surface area contributed by atoms with Gasteiger partial charge >= 0.3 is 5.97 Å². The van der Waals surface area contributed by atoms with E-state index in [1.807, 2.05) is 0 Å². The second-order valence-electron chi connectivity index (χ2n) is 7.22. The van der Waals surface area contributed by atoms with Crippen molar-refractivity contribution in [3.05, 3.63) is 12.2 Å². The van der Waals surface area contributed by atoms with Crippen LogP contribution in [0.2, 0.25) is 0 Å². The summed E-state index contributed by atoms with van der Waals surface area (Å²) in [6.45, 7) is 2.12. The molecule has 1 aliphatic rings. The monoisotopic (exact) mass is 354 g/mol. The van der Waals surface area contributed by atoms with Gasteiger partial charge in [0.2, 0.25) is 0 Å². The molecule has 1 fully saturated rings. The van der Waals surface area contributed by atoms with Crippen molar-refractivity contribution in [2.45, 2.75) is 89.8 Å². The van der Waals surface area contributed by atoms with Gasteiger partial charge in [-0.1, -0.05) is 57.6 Å². The summed E-state index contributed by atoms with van der Waals surface area (Å²) in [5.74, 6) is -1.08. The highest BCUT2D eigenvalue weighted by Gasteiger charge is 2.39. The number of allylic oxidation sites excluding steroid dienone is 1. The standard InChI is InChI=1S/C20H34O5/c1-2-3-6-9-15(21)12-13-17-16(18(22)14-19(17)23)10-7-4-5-8-11-20(24)25/h12-13,15-18,21-22H,2-11,14H2,1H3,(H,24,25)/b13-12+/t15-,16+,17-,18-/m1/s1. The third kappa shape index (κ3) is 8.63. The Morgan fingerprint density at radius 2 is 1.92 bits per heavy atom. The summed E-state index contributed by atoms with van der Waals surface area (Å²) in [5.41, 5.74) is 0. The topological polar surface area (TPSA) is 94.8 Å². The smallest absolute Gasteiger partial charge is 0.303 e. The molecule has 1 saturated carbocycles. The van der Waals surface area contributed by atoms with E-state index in [0.717, 1.165) is 44.9 Å². The van der Waals surface area contributed by atoms with E-state index in [0.29, 0.717) is 12.8 Å². The number of carboxylic acids is 1. The van der Waals surface area contributed by atoms with Crippen LogP contribution in [0.3, 0.4) is 0 Å². The van der Waals surface area contributed by atoms with E-state index < -0.39 is 18.2 Å². The molecule has 0 spiro atoms. The molecule has 0 unspecified atom stereocenters. The second kappa shape index (κ2) is 12.2. The van der Waals surface area contributed by atoms with Crippen molar-refractivity contribution < 1.29 is 24.9 Å². The molecule has 25 heavy (non-hydrogen) atoms. The number of hydrogen-bond acceptors (Lipinski definition) is 4. The average molecular weight is 354 g/mol. The van der Waals surface area contributed by atoms with Gasteiger partial charge in [0.15, 0.2) is 0 Å². The fourth-order valence-electron chi connectivity index (χ4n) is 3.55. The number of hydrogen-bond donors (Lipinski definition) is 3. The molecule has 144 valence electrons. The Balaban J connectivity index is 2.39. The summed E-state index contributed by atoms with van der Waals surface area (Å²) in [4.78, 5) is 22.6. The summed E-state index contributed by atoms with van der Waals surface area (Å²) in [7, 11) is 0. The van der Waals surface area contributed by atoms with Gasteiger partial charge in [-0.25, -0.2) is 0 Å². The minimum atomic E-state index is -0.764.